The minimum Gasteiger partial charge on any atom is -0.463 e. The zero-order valence-corrected chi connectivity index (χ0v) is 27.7. The Morgan fingerprint density at radius 3 is 2.43 bits per heavy atom. The lowest BCUT2D eigenvalue weighted by molar-refractivity contribution is -0.148. The molecule has 11 heteroatoms. The van der Waals surface area contributed by atoms with Crippen LogP contribution < -0.4 is 5.32 Å². The highest BCUT2D eigenvalue weighted by Crippen LogP contribution is 2.58. The van der Waals surface area contributed by atoms with E-state index in [-0.39, 0.29) is 38.0 Å². The summed E-state index contributed by atoms with van der Waals surface area (Å²) in [6, 6.07) is 17.2. The third-order valence-corrected chi connectivity index (χ3v) is 10.2. The Hall–Kier alpha value is -3.80. The number of unbranched alkanes of at least 4 members (excludes halogenated alkanes) is 2. The molecule has 2 fully saturated rings. The largest absolute Gasteiger partial charge is 0.463 e. The maximum absolute atomic E-state index is 14.8. The van der Waals surface area contributed by atoms with Crippen LogP contribution in [0.25, 0.3) is 0 Å². The maximum atomic E-state index is 14.8. The molecule has 0 aliphatic carbocycles. The van der Waals surface area contributed by atoms with Crippen LogP contribution in [0.1, 0.15) is 49.3 Å². The van der Waals surface area contributed by atoms with Crippen molar-refractivity contribution in [3.05, 3.63) is 94.5 Å². The molecule has 1 spiro atoms. The second-order valence-electron chi connectivity index (χ2n) is 12.5. The number of benzene rings is 2. The molecular weight excluding hydrogens is 666 g/mol. The Labute approximate surface area is 282 Å². The molecule has 2 N–H and O–H groups in total. The highest BCUT2D eigenvalue weighted by Gasteiger charge is 2.74. The van der Waals surface area contributed by atoms with Crippen LogP contribution in [0.4, 0.5) is 0 Å². The number of rotatable bonds is 8. The van der Waals surface area contributed by atoms with Gasteiger partial charge >= 0.3 is 5.97 Å². The van der Waals surface area contributed by atoms with E-state index in [0.29, 0.717) is 43.3 Å². The first-order valence-corrected chi connectivity index (χ1v) is 17.1. The van der Waals surface area contributed by atoms with Gasteiger partial charge in [-0.05, 0) is 42.9 Å². The number of cyclic esters (lactones) is 1. The Morgan fingerprint density at radius 1 is 0.936 bits per heavy atom. The van der Waals surface area contributed by atoms with Gasteiger partial charge < -0.3 is 29.7 Å². The first-order chi connectivity index (χ1) is 22.8. The predicted octanol–water partition coefficient (Wildman–Crippen LogP) is 3.80. The van der Waals surface area contributed by atoms with Crippen molar-refractivity contribution < 1.29 is 33.8 Å². The molecule has 4 aliphatic heterocycles. The van der Waals surface area contributed by atoms with E-state index in [1.165, 1.54) is 0 Å². The van der Waals surface area contributed by atoms with Crippen LogP contribution in [0.5, 0.6) is 0 Å². The Balaban J connectivity index is 1.41. The number of aliphatic hydroxyl groups is 1. The summed E-state index contributed by atoms with van der Waals surface area (Å²) in [5, 5.41) is 12.4. The van der Waals surface area contributed by atoms with Crippen molar-refractivity contribution in [3.8, 4) is 0 Å². The molecule has 10 nitrogen and oxygen atoms in total. The van der Waals surface area contributed by atoms with Gasteiger partial charge in [0.05, 0.1) is 17.9 Å². The number of nitrogens with zero attached hydrogens (tertiary/aromatic N) is 2. The molecule has 6 atom stereocenters. The van der Waals surface area contributed by atoms with E-state index in [0.717, 1.165) is 11.1 Å². The summed E-state index contributed by atoms with van der Waals surface area (Å²) < 4.78 is 12.9. The molecular formula is C36H40BrN3O7. The average molecular weight is 707 g/mol. The normalized spacial score (nSPS) is 30.2. The molecule has 4 heterocycles. The first kappa shape index (κ1) is 33.1. The fourth-order valence-electron chi connectivity index (χ4n) is 7.26. The van der Waals surface area contributed by atoms with Crippen molar-refractivity contribution in [2.45, 2.75) is 62.4 Å². The Bertz CT molecular complexity index is 1530. The van der Waals surface area contributed by atoms with Crippen LogP contribution in [0, 0.1) is 11.8 Å². The van der Waals surface area contributed by atoms with E-state index in [9.17, 15) is 24.3 Å². The summed E-state index contributed by atoms with van der Waals surface area (Å²) in [5.41, 5.74) is 0.333. The van der Waals surface area contributed by atoms with Gasteiger partial charge in [-0.1, -0.05) is 88.7 Å². The lowest BCUT2D eigenvalue weighted by Gasteiger charge is -2.36. The molecule has 47 heavy (non-hydrogen) atoms. The van der Waals surface area contributed by atoms with Crippen LogP contribution in [-0.2, 0) is 35.2 Å². The molecule has 2 saturated heterocycles. The van der Waals surface area contributed by atoms with Gasteiger partial charge in [-0.3, -0.25) is 19.2 Å². The second kappa shape index (κ2) is 14.5. The second-order valence-corrected chi connectivity index (χ2v) is 13.4. The number of allylic oxidation sites excluding steroid dienone is 1. The van der Waals surface area contributed by atoms with Crippen molar-refractivity contribution in [2.24, 2.45) is 11.8 Å². The molecule has 5 bridgehead atoms. The number of fused-ring (bicyclic) bond motifs is 2. The van der Waals surface area contributed by atoms with E-state index in [1.807, 2.05) is 78.9 Å². The van der Waals surface area contributed by atoms with Crippen LogP contribution >= 0.6 is 15.9 Å². The topological polar surface area (TPSA) is 125 Å². The highest BCUT2D eigenvalue weighted by atomic mass is 79.9. The zero-order valence-electron chi connectivity index (χ0n) is 26.1. The molecule has 2 aromatic rings. The third-order valence-electron chi connectivity index (χ3n) is 9.48. The summed E-state index contributed by atoms with van der Waals surface area (Å²) in [7, 11) is 0. The van der Waals surface area contributed by atoms with Crippen molar-refractivity contribution >= 4 is 39.6 Å². The van der Waals surface area contributed by atoms with Crippen molar-refractivity contribution in [2.75, 3.05) is 26.3 Å². The number of hydrogen-bond donors (Lipinski definition) is 2. The van der Waals surface area contributed by atoms with Gasteiger partial charge in [0.1, 0.15) is 24.4 Å². The molecule has 248 valence electrons. The van der Waals surface area contributed by atoms with Crippen molar-refractivity contribution in [3.63, 3.8) is 0 Å². The number of hydrogen-bond acceptors (Lipinski definition) is 7. The molecule has 0 aromatic heterocycles. The van der Waals surface area contributed by atoms with E-state index >= 15 is 0 Å². The van der Waals surface area contributed by atoms with Crippen LogP contribution in [-0.4, -0.2) is 82.6 Å². The van der Waals surface area contributed by atoms with Gasteiger partial charge in [-0.2, -0.15) is 0 Å². The van der Waals surface area contributed by atoms with Gasteiger partial charge in [-0.25, -0.2) is 0 Å². The number of esters is 1. The molecule has 0 unspecified atom stereocenters. The number of ether oxygens (including phenoxy) is 2. The maximum Gasteiger partial charge on any atom is 0.306 e. The summed E-state index contributed by atoms with van der Waals surface area (Å²) >= 11 is 3.62. The lowest BCUT2D eigenvalue weighted by atomic mass is 9.74. The molecule has 6 rings (SSSR count). The van der Waals surface area contributed by atoms with Crippen LogP contribution in [0.15, 0.2) is 83.4 Å². The fourth-order valence-corrected chi connectivity index (χ4v) is 7.99. The minimum atomic E-state index is -1.35. The van der Waals surface area contributed by atoms with Crippen LogP contribution in [0.2, 0.25) is 0 Å². The zero-order chi connectivity index (χ0) is 33.0. The Morgan fingerprint density at radius 2 is 1.68 bits per heavy atom. The number of carbonyl (C=O) groups excluding carboxylic acids is 4. The van der Waals surface area contributed by atoms with Crippen molar-refractivity contribution in [1.82, 2.24) is 15.1 Å². The highest BCUT2D eigenvalue weighted by molar-refractivity contribution is 9.11. The monoisotopic (exact) mass is 705 g/mol. The quantitative estimate of drug-likeness (QED) is 0.243. The predicted molar refractivity (Wildman–Crippen MR) is 177 cm³/mol. The molecule has 0 saturated carbocycles. The summed E-state index contributed by atoms with van der Waals surface area (Å²) in [4.78, 5) is 59.5. The minimum absolute atomic E-state index is 0.0423. The number of aliphatic hydroxyl groups excluding tert-OH is 1. The number of halogens is 1. The number of nitrogens with one attached hydrogen (secondary N) is 1. The van der Waals surface area contributed by atoms with Crippen molar-refractivity contribution in [1.29, 1.82) is 0 Å². The van der Waals surface area contributed by atoms with Gasteiger partial charge in [0.25, 0.3) is 0 Å². The SMILES string of the molecule is O=C1CC/C=C\CN(Cc2ccccc2)C(=O)[C@@H]2N(CCCCCO)C(=O)[C@H]3[C@H](C(=O)N[C@H](c4ccccc4)CO1)[C@H]1O[C@@]23C=C1Br. The molecule has 4 aliphatic rings. The molecule has 0 radical (unpaired) electrons. The van der Waals surface area contributed by atoms with Gasteiger partial charge in [0.15, 0.2) is 0 Å². The number of amides is 3. The molecule has 2 aromatic carbocycles. The lowest BCUT2D eigenvalue weighted by Crippen LogP contribution is -2.55. The Kier molecular flexibility index (Phi) is 10.2. The average Bonchev–Trinajstić information content (AvgIpc) is 3.67. The van der Waals surface area contributed by atoms with E-state index < -0.39 is 47.5 Å². The summed E-state index contributed by atoms with van der Waals surface area (Å²) in [5.74, 6) is -3.23. The molecule has 3 amide bonds. The summed E-state index contributed by atoms with van der Waals surface area (Å²) in [6.07, 6.45) is 7.21. The van der Waals surface area contributed by atoms with Crippen LogP contribution in [0.3, 0.4) is 0 Å². The van der Waals surface area contributed by atoms with Gasteiger partial charge in [0.2, 0.25) is 17.7 Å². The van der Waals surface area contributed by atoms with E-state index in [2.05, 4.69) is 21.2 Å². The third kappa shape index (κ3) is 6.66. The van der Waals surface area contributed by atoms with E-state index in [4.69, 9.17) is 9.47 Å². The first-order valence-electron chi connectivity index (χ1n) is 16.3. The fraction of sp³-hybridized carbons (Fsp3) is 0.444. The smallest absolute Gasteiger partial charge is 0.306 e. The van der Waals surface area contributed by atoms with Gasteiger partial charge in [0, 0.05) is 37.1 Å². The standard InChI is InChI=1S/C36H40BrN3O7/c37-26-21-36-30-29(31(26)47-36)33(43)38-27(25-15-7-2-8-16-25)23-46-28(42)17-9-3-10-18-39(22-24-13-5-1-6-14-24)35(45)32(36)40(34(30)44)19-11-4-12-20-41/h1-3,5-8,10,13-16,21,27,29-32,41H,4,9,11-12,17-20,22-23H2,(H,38,43)/b10-3-/t27-,29-,30+,31-,32-,36+/m0/s1. The van der Waals surface area contributed by atoms with Gasteiger partial charge in [-0.15, -0.1) is 0 Å². The summed E-state index contributed by atoms with van der Waals surface area (Å²) in [6.45, 7) is 0.813. The van der Waals surface area contributed by atoms with E-state index in [1.54, 1.807) is 9.80 Å². The number of likely N-dealkylation sites (tertiary alicyclic amines) is 1. The number of carbonyl (C=O) groups is 4.